The van der Waals surface area contributed by atoms with Gasteiger partial charge in [0.15, 0.2) is 5.96 Å². The Kier molecular flexibility index (Phi) is 2.02. The molecule has 4 N–H and O–H groups in total. The minimum Gasteiger partial charge on any atom is -0.344 e. The number of thiophene rings is 1. The number of fused-ring (bicyclic) bond motifs is 1. The third-order valence-electron chi connectivity index (χ3n) is 3.22. The van der Waals surface area contributed by atoms with Gasteiger partial charge in [0.05, 0.1) is 11.5 Å². The van der Waals surface area contributed by atoms with Gasteiger partial charge in [-0.2, -0.15) is 0 Å². The number of carbonyl (C=O) groups is 1. The lowest BCUT2D eigenvalue weighted by atomic mass is 9.83. The van der Waals surface area contributed by atoms with Crippen molar-refractivity contribution in [2.75, 3.05) is 13.1 Å². The van der Waals surface area contributed by atoms with Gasteiger partial charge in [-0.1, -0.05) is 6.07 Å². The minimum atomic E-state index is -0.423. The lowest BCUT2D eigenvalue weighted by Gasteiger charge is -2.38. The molecule has 3 rings (SSSR count). The molecule has 1 aromatic rings. The molecule has 6 heteroatoms. The molecule has 2 unspecified atom stereocenters. The Hall–Kier alpha value is -1.40. The maximum Gasteiger partial charge on any atom is 0.233 e. The number of hydrogen-bond acceptors (Lipinski definition) is 4. The van der Waals surface area contributed by atoms with E-state index in [1.165, 1.54) is 0 Å². The molecule has 3 heterocycles. The van der Waals surface area contributed by atoms with Crippen LogP contribution in [0.2, 0.25) is 0 Å². The van der Waals surface area contributed by atoms with Gasteiger partial charge >= 0.3 is 0 Å². The topological polar surface area (TPSA) is 77.0 Å². The average molecular weight is 236 g/mol. The number of hydrogen-bond donors (Lipinski definition) is 4. The van der Waals surface area contributed by atoms with Crippen molar-refractivity contribution in [3.8, 4) is 0 Å². The molecule has 2 saturated heterocycles. The first-order valence-corrected chi connectivity index (χ1v) is 6.03. The number of nitrogens with one attached hydrogen (secondary N) is 4. The zero-order valence-electron chi connectivity index (χ0n) is 8.54. The van der Waals surface area contributed by atoms with Gasteiger partial charge in [-0.05, 0) is 11.4 Å². The lowest BCUT2D eigenvalue weighted by molar-refractivity contribution is -0.126. The summed E-state index contributed by atoms with van der Waals surface area (Å²) < 4.78 is 0. The van der Waals surface area contributed by atoms with Crippen LogP contribution >= 0.6 is 11.3 Å². The fourth-order valence-electron chi connectivity index (χ4n) is 2.48. The van der Waals surface area contributed by atoms with E-state index in [-0.39, 0.29) is 17.8 Å². The molecule has 16 heavy (non-hydrogen) atoms. The van der Waals surface area contributed by atoms with E-state index < -0.39 is 5.54 Å². The second-order valence-corrected chi connectivity index (χ2v) is 5.07. The van der Waals surface area contributed by atoms with Crippen LogP contribution in [0.25, 0.3) is 0 Å². The van der Waals surface area contributed by atoms with E-state index in [0.29, 0.717) is 13.1 Å². The van der Waals surface area contributed by atoms with Crippen molar-refractivity contribution in [3.05, 3.63) is 22.4 Å². The molecule has 2 aliphatic heterocycles. The third kappa shape index (κ3) is 1.20. The summed E-state index contributed by atoms with van der Waals surface area (Å²) in [6.45, 7) is 1.35. The van der Waals surface area contributed by atoms with Crippen molar-refractivity contribution in [3.63, 3.8) is 0 Å². The summed E-state index contributed by atoms with van der Waals surface area (Å²) in [5, 5.41) is 18.5. The summed E-state index contributed by atoms with van der Waals surface area (Å²) in [6.07, 6.45) is 0. The SMILES string of the molecule is N=C1NC(=O)C2CNCC2(c2cccs2)N1. The Bertz CT molecular complexity index is 444. The number of amides is 1. The van der Waals surface area contributed by atoms with Crippen LogP contribution in [0.15, 0.2) is 17.5 Å². The van der Waals surface area contributed by atoms with Gasteiger partial charge in [0.2, 0.25) is 5.91 Å². The highest BCUT2D eigenvalue weighted by molar-refractivity contribution is 7.10. The number of rotatable bonds is 1. The largest absolute Gasteiger partial charge is 0.344 e. The van der Waals surface area contributed by atoms with E-state index in [1.54, 1.807) is 11.3 Å². The van der Waals surface area contributed by atoms with Crippen LogP contribution in [0.5, 0.6) is 0 Å². The van der Waals surface area contributed by atoms with Crippen molar-refractivity contribution in [2.24, 2.45) is 5.92 Å². The second kappa shape index (κ2) is 3.29. The fourth-order valence-corrected chi connectivity index (χ4v) is 3.41. The van der Waals surface area contributed by atoms with Crippen molar-refractivity contribution in [1.82, 2.24) is 16.0 Å². The van der Waals surface area contributed by atoms with E-state index in [4.69, 9.17) is 5.41 Å². The van der Waals surface area contributed by atoms with E-state index in [2.05, 4.69) is 16.0 Å². The Morgan fingerprint density at radius 3 is 3.19 bits per heavy atom. The van der Waals surface area contributed by atoms with E-state index >= 15 is 0 Å². The van der Waals surface area contributed by atoms with Crippen molar-refractivity contribution in [1.29, 1.82) is 5.41 Å². The van der Waals surface area contributed by atoms with Crippen molar-refractivity contribution < 1.29 is 4.79 Å². The minimum absolute atomic E-state index is 0.0675. The highest BCUT2D eigenvalue weighted by Gasteiger charge is 2.52. The molecule has 2 fully saturated rings. The second-order valence-electron chi connectivity index (χ2n) is 4.12. The molecule has 1 aromatic heterocycles. The van der Waals surface area contributed by atoms with Crippen molar-refractivity contribution >= 4 is 23.2 Å². The number of guanidine groups is 1. The maximum atomic E-state index is 11.9. The quantitative estimate of drug-likeness (QED) is 0.546. The standard InChI is InChI=1S/C10H12N4OS/c11-9-13-8(15)6-4-12-5-10(6,14-9)7-2-1-3-16-7/h1-3,6,12H,4-5H2,(H3,11,13,14,15). The Morgan fingerprint density at radius 2 is 2.44 bits per heavy atom. The van der Waals surface area contributed by atoms with Crippen LogP contribution in [-0.4, -0.2) is 25.0 Å². The molecule has 0 saturated carbocycles. The molecule has 0 aromatic carbocycles. The van der Waals surface area contributed by atoms with Crippen LogP contribution in [-0.2, 0) is 10.3 Å². The van der Waals surface area contributed by atoms with E-state index in [0.717, 1.165) is 4.88 Å². The zero-order valence-corrected chi connectivity index (χ0v) is 9.36. The summed E-state index contributed by atoms with van der Waals surface area (Å²) in [5.41, 5.74) is -0.423. The van der Waals surface area contributed by atoms with Gasteiger partial charge in [-0.3, -0.25) is 15.5 Å². The van der Waals surface area contributed by atoms with Crippen LogP contribution in [0.3, 0.4) is 0 Å². The summed E-state index contributed by atoms with van der Waals surface area (Å²) in [5.74, 6) is -0.110. The highest BCUT2D eigenvalue weighted by atomic mass is 32.1. The Balaban J connectivity index is 2.08. The van der Waals surface area contributed by atoms with Gasteiger partial charge in [0.1, 0.15) is 0 Å². The van der Waals surface area contributed by atoms with Crippen LogP contribution in [0.4, 0.5) is 0 Å². The molecule has 0 bridgehead atoms. The summed E-state index contributed by atoms with van der Waals surface area (Å²) >= 11 is 1.62. The Morgan fingerprint density at radius 1 is 1.56 bits per heavy atom. The first-order chi connectivity index (χ1) is 7.72. The molecule has 2 atom stereocenters. The molecule has 0 radical (unpaired) electrons. The van der Waals surface area contributed by atoms with Crippen LogP contribution in [0, 0.1) is 11.3 Å². The molecule has 0 spiro atoms. The van der Waals surface area contributed by atoms with E-state index in [9.17, 15) is 4.79 Å². The maximum absolute atomic E-state index is 11.9. The van der Waals surface area contributed by atoms with Gasteiger partial charge in [-0.15, -0.1) is 11.3 Å². The molecule has 5 nitrogen and oxygen atoms in total. The lowest BCUT2D eigenvalue weighted by Crippen LogP contribution is -2.64. The monoisotopic (exact) mass is 236 g/mol. The smallest absolute Gasteiger partial charge is 0.233 e. The molecule has 1 amide bonds. The molecule has 0 aliphatic carbocycles. The first-order valence-electron chi connectivity index (χ1n) is 5.15. The predicted octanol–water partition coefficient (Wildman–Crippen LogP) is -0.183. The first kappa shape index (κ1) is 9.80. The summed E-state index contributed by atoms with van der Waals surface area (Å²) in [7, 11) is 0. The summed E-state index contributed by atoms with van der Waals surface area (Å²) in [4.78, 5) is 13.0. The van der Waals surface area contributed by atoms with Gasteiger partial charge in [0.25, 0.3) is 0 Å². The van der Waals surface area contributed by atoms with E-state index in [1.807, 2.05) is 17.5 Å². The zero-order chi connectivity index (χ0) is 11.2. The summed E-state index contributed by atoms with van der Waals surface area (Å²) in [6, 6.07) is 3.99. The van der Waals surface area contributed by atoms with Crippen LogP contribution in [0.1, 0.15) is 4.88 Å². The fraction of sp³-hybridized carbons (Fsp3) is 0.400. The molecular formula is C10H12N4OS. The van der Waals surface area contributed by atoms with Gasteiger partial charge in [0, 0.05) is 18.0 Å². The number of carbonyl (C=O) groups excluding carboxylic acids is 1. The normalized spacial score (nSPS) is 33.1. The molecular weight excluding hydrogens is 224 g/mol. The molecule has 2 aliphatic rings. The Labute approximate surface area is 96.7 Å². The predicted molar refractivity (Wildman–Crippen MR) is 61.4 cm³/mol. The highest BCUT2D eigenvalue weighted by Crippen LogP contribution is 2.37. The third-order valence-corrected chi connectivity index (χ3v) is 4.27. The molecule has 84 valence electrons. The van der Waals surface area contributed by atoms with Crippen molar-refractivity contribution in [2.45, 2.75) is 5.54 Å². The van der Waals surface area contributed by atoms with Crippen LogP contribution < -0.4 is 16.0 Å². The van der Waals surface area contributed by atoms with Gasteiger partial charge in [-0.25, -0.2) is 0 Å². The average Bonchev–Trinajstić information content (AvgIpc) is 2.84. The van der Waals surface area contributed by atoms with Gasteiger partial charge < -0.3 is 10.6 Å².